The standard InChI is InChI=1S/C21H20F6N2O/c22-20(23,24)15-6-4-5-14(11-15)12-19(30)28-17-13-16(21(25,26)27)7-8-18(17)29-9-2-1-3-10-29/h4-8,11,13H,1-3,9-10,12H2,(H,28,30). The third-order valence-electron chi connectivity index (χ3n) is 4.91. The van der Waals surface area contributed by atoms with E-state index in [2.05, 4.69) is 5.32 Å². The van der Waals surface area contributed by atoms with Crippen molar-refractivity contribution in [3.8, 4) is 0 Å². The van der Waals surface area contributed by atoms with Crippen molar-refractivity contribution in [2.45, 2.75) is 38.0 Å². The zero-order valence-corrected chi connectivity index (χ0v) is 15.9. The molecule has 0 unspecified atom stereocenters. The van der Waals surface area contributed by atoms with Gasteiger partial charge in [-0.05, 0) is 49.1 Å². The van der Waals surface area contributed by atoms with E-state index in [9.17, 15) is 31.1 Å². The number of carbonyl (C=O) groups is 1. The fourth-order valence-corrected chi connectivity index (χ4v) is 3.46. The molecule has 1 N–H and O–H groups in total. The van der Waals surface area contributed by atoms with Crippen LogP contribution in [-0.4, -0.2) is 19.0 Å². The number of carbonyl (C=O) groups excluding carboxylic acids is 1. The fraction of sp³-hybridized carbons (Fsp3) is 0.381. The molecule has 0 saturated carbocycles. The highest BCUT2D eigenvalue weighted by atomic mass is 19.4. The Morgan fingerprint density at radius 2 is 1.50 bits per heavy atom. The minimum absolute atomic E-state index is 0.00343. The van der Waals surface area contributed by atoms with Crippen LogP contribution in [0.3, 0.4) is 0 Å². The van der Waals surface area contributed by atoms with Crippen molar-refractivity contribution >= 4 is 17.3 Å². The van der Waals surface area contributed by atoms with Gasteiger partial charge in [-0.25, -0.2) is 0 Å². The summed E-state index contributed by atoms with van der Waals surface area (Å²) in [5.74, 6) is -0.688. The molecule has 3 nitrogen and oxygen atoms in total. The summed E-state index contributed by atoms with van der Waals surface area (Å²) >= 11 is 0. The molecule has 0 aromatic heterocycles. The molecule has 0 radical (unpaired) electrons. The van der Waals surface area contributed by atoms with Gasteiger partial charge >= 0.3 is 12.4 Å². The van der Waals surface area contributed by atoms with Gasteiger partial charge in [0.25, 0.3) is 0 Å². The van der Waals surface area contributed by atoms with E-state index in [1.807, 2.05) is 4.90 Å². The summed E-state index contributed by atoms with van der Waals surface area (Å²) in [6.45, 7) is 1.31. The molecule has 9 heteroatoms. The van der Waals surface area contributed by atoms with Gasteiger partial charge in [0.05, 0.1) is 28.9 Å². The van der Waals surface area contributed by atoms with Crippen LogP contribution < -0.4 is 10.2 Å². The Kier molecular flexibility index (Phi) is 6.28. The number of nitrogens with one attached hydrogen (secondary N) is 1. The van der Waals surface area contributed by atoms with E-state index in [1.54, 1.807) is 0 Å². The van der Waals surface area contributed by atoms with Gasteiger partial charge in [-0.15, -0.1) is 0 Å². The normalized spacial score (nSPS) is 15.2. The predicted molar refractivity (Wildman–Crippen MR) is 101 cm³/mol. The van der Waals surface area contributed by atoms with Gasteiger partial charge in [-0.1, -0.05) is 18.2 Å². The molecule has 3 rings (SSSR count). The van der Waals surface area contributed by atoms with Gasteiger partial charge < -0.3 is 10.2 Å². The summed E-state index contributed by atoms with van der Waals surface area (Å²) in [6, 6.07) is 7.47. The second-order valence-electron chi connectivity index (χ2n) is 7.20. The summed E-state index contributed by atoms with van der Waals surface area (Å²) in [4.78, 5) is 14.4. The summed E-state index contributed by atoms with van der Waals surface area (Å²) in [5, 5.41) is 2.47. The third kappa shape index (κ3) is 5.46. The van der Waals surface area contributed by atoms with E-state index in [0.29, 0.717) is 18.8 Å². The number of nitrogens with zero attached hydrogens (tertiary/aromatic N) is 1. The predicted octanol–water partition coefficient (Wildman–Crippen LogP) is 5.90. The Bertz CT molecular complexity index is 901. The lowest BCUT2D eigenvalue weighted by Crippen LogP contribution is -2.30. The summed E-state index contributed by atoms with van der Waals surface area (Å²) in [7, 11) is 0. The Labute approximate surface area is 169 Å². The van der Waals surface area contributed by atoms with Crippen LogP contribution in [0.1, 0.15) is 36.0 Å². The first-order valence-corrected chi connectivity index (χ1v) is 9.46. The molecule has 0 atom stereocenters. The molecule has 1 fully saturated rings. The number of amides is 1. The lowest BCUT2D eigenvalue weighted by Gasteiger charge is -2.31. The Morgan fingerprint density at radius 1 is 0.867 bits per heavy atom. The topological polar surface area (TPSA) is 32.3 Å². The molecule has 0 aliphatic carbocycles. The summed E-state index contributed by atoms with van der Waals surface area (Å²) in [5.41, 5.74) is -1.20. The van der Waals surface area contributed by atoms with E-state index in [-0.39, 0.29) is 17.7 Å². The second-order valence-corrected chi connectivity index (χ2v) is 7.20. The maximum Gasteiger partial charge on any atom is 0.416 e. The van der Waals surface area contributed by atoms with Crippen LogP contribution in [0.15, 0.2) is 42.5 Å². The SMILES string of the molecule is O=C(Cc1cccc(C(F)(F)F)c1)Nc1cc(C(F)(F)F)ccc1N1CCCCC1. The van der Waals surface area contributed by atoms with Crippen molar-refractivity contribution in [3.63, 3.8) is 0 Å². The van der Waals surface area contributed by atoms with Gasteiger partial charge in [0.2, 0.25) is 5.91 Å². The van der Waals surface area contributed by atoms with Crippen molar-refractivity contribution in [3.05, 3.63) is 59.2 Å². The molecule has 30 heavy (non-hydrogen) atoms. The first-order chi connectivity index (χ1) is 14.0. The molecule has 1 aliphatic heterocycles. The highest BCUT2D eigenvalue weighted by Gasteiger charge is 2.32. The average molecular weight is 430 g/mol. The molecular weight excluding hydrogens is 410 g/mol. The van der Waals surface area contributed by atoms with Crippen LogP contribution in [0.4, 0.5) is 37.7 Å². The number of alkyl halides is 6. The molecule has 2 aromatic rings. The molecule has 1 heterocycles. The van der Waals surface area contributed by atoms with E-state index < -0.39 is 29.4 Å². The van der Waals surface area contributed by atoms with E-state index in [4.69, 9.17) is 0 Å². The average Bonchev–Trinajstić information content (AvgIpc) is 2.67. The first-order valence-electron chi connectivity index (χ1n) is 9.46. The van der Waals surface area contributed by atoms with Crippen LogP contribution in [-0.2, 0) is 23.6 Å². The zero-order chi connectivity index (χ0) is 21.9. The van der Waals surface area contributed by atoms with Crippen LogP contribution in [0, 0.1) is 0 Å². The highest BCUT2D eigenvalue weighted by Crippen LogP contribution is 2.36. The van der Waals surface area contributed by atoms with Crippen LogP contribution in [0.25, 0.3) is 0 Å². The number of anilines is 2. The van der Waals surface area contributed by atoms with Crippen LogP contribution in [0.5, 0.6) is 0 Å². The Balaban J connectivity index is 1.84. The highest BCUT2D eigenvalue weighted by molar-refractivity contribution is 5.95. The lowest BCUT2D eigenvalue weighted by molar-refractivity contribution is -0.138. The fourth-order valence-electron chi connectivity index (χ4n) is 3.46. The monoisotopic (exact) mass is 430 g/mol. The van der Waals surface area contributed by atoms with Gasteiger partial charge in [0.15, 0.2) is 0 Å². The van der Waals surface area contributed by atoms with Crippen molar-refractivity contribution in [2.75, 3.05) is 23.3 Å². The molecule has 162 valence electrons. The maximum atomic E-state index is 13.1. The molecule has 1 saturated heterocycles. The minimum Gasteiger partial charge on any atom is -0.370 e. The first kappa shape index (κ1) is 22.0. The second kappa shape index (κ2) is 8.57. The quantitative estimate of drug-likeness (QED) is 0.613. The van der Waals surface area contributed by atoms with Crippen molar-refractivity contribution in [1.82, 2.24) is 0 Å². The molecular formula is C21H20F6N2O. The zero-order valence-electron chi connectivity index (χ0n) is 15.9. The smallest absolute Gasteiger partial charge is 0.370 e. The van der Waals surface area contributed by atoms with Gasteiger partial charge in [0.1, 0.15) is 0 Å². The number of rotatable bonds is 4. The van der Waals surface area contributed by atoms with Crippen molar-refractivity contribution in [2.24, 2.45) is 0 Å². The maximum absolute atomic E-state index is 13.1. The number of hydrogen-bond acceptors (Lipinski definition) is 2. The summed E-state index contributed by atoms with van der Waals surface area (Å²) in [6.07, 6.45) is -6.72. The largest absolute Gasteiger partial charge is 0.416 e. The van der Waals surface area contributed by atoms with Gasteiger partial charge in [-0.2, -0.15) is 26.3 Å². The third-order valence-corrected chi connectivity index (χ3v) is 4.91. The van der Waals surface area contributed by atoms with E-state index in [0.717, 1.165) is 43.5 Å². The number of piperidine rings is 1. The van der Waals surface area contributed by atoms with E-state index >= 15 is 0 Å². The molecule has 1 aliphatic rings. The number of halogens is 6. The van der Waals surface area contributed by atoms with Crippen molar-refractivity contribution in [1.29, 1.82) is 0 Å². The Hall–Kier alpha value is -2.71. The lowest BCUT2D eigenvalue weighted by atomic mass is 10.1. The van der Waals surface area contributed by atoms with Gasteiger partial charge in [0, 0.05) is 13.1 Å². The van der Waals surface area contributed by atoms with E-state index in [1.165, 1.54) is 18.2 Å². The number of hydrogen-bond donors (Lipinski definition) is 1. The molecule has 1 amide bonds. The molecule has 0 bridgehead atoms. The summed E-state index contributed by atoms with van der Waals surface area (Å²) < 4.78 is 78.0. The van der Waals surface area contributed by atoms with Crippen molar-refractivity contribution < 1.29 is 31.1 Å². The Morgan fingerprint density at radius 3 is 2.13 bits per heavy atom. The number of benzene rings is 2. The van der Waals surface area contributed by atoms with Crippen LogP contribution in [0.2, 0.25) is 0 Å². The minimum atomic E-state index is -4.58. The van der Waals surface area contributed by atoms with Crippen LogP contribution >= 0.6 is 0 Å². The molecule has 2 aromatic carbocycles. The van der Waals surface area contributed by atoms with Gasteiger partial charge in [-0.3, -0.25) is 4.79 Å². The molecule has 0 spiro atoms.